The van der Waals surface area contributed by atoms with Gasteiger partial charge in [-0.3, -0.25) is 5.10 Å². The molecule has 2 N–H and O–H groups in total. The monoisotopic (exact) mass is 386 g/mol. The fourth-order valence-corrected chi connectivity index (χ4v) is 3.87. The van der Waals surface area contributed by atoms with Crippen LogP contribution >= 0.6 is 0 Å². The van der Waals surface area contributed by atoms with Crippen molar-refractivity contribution in [2.75, 3.05) is 7.11 Å². The van der Waals surface area contributed by atoms with Crippen LogP contribution in [-0.4, -0.2) is 36.7 Å². The minimum Gasteiger partial charge on any atom is -0.465 e. The number of methoxy groups -OCH3 is 1. The van der Waals surface area contributed by atoms with E-state index in [9.17, 15) is 13.2 Å². The number of nitrogens with zero attached hydrogens (tertiary/aromatic N) is 2. The first-order chi connectivity index (χ1) is 13.0. The number of esters is 1. The van der Waals surface area contributed by atoms with Crippen LogP contribution in [-0.2, 0) is 21.2 Å². The van der Waals surface area contributed by atoms with Crippen molar-refractivity contribution in [3.63, 3.8) is 0 Å². The summed E-state index contributed by atoms with van der Waals surface area (Å²) in [6.45, 7) is 0. The number of aromatic amines is 1. The molecular weight excluding hydrogens is 368 g/mol. The number of sulfonamides is 1. The number of H-pyrrole nitrogens is 1. The van der Waals surface area contributed by atoms with Gasteiger partial charge in [0.05, 0.1) is 23.6 Å². The molecule has 140 valence electrons. The predicted molar refractivity (Wildman–Crippen MR) is 97.4 cm³/mol. The van der Waals surface area contributed by atoms with Crippen molar-refractivity contribution in [1.82, 2.24) is 19.9 Å². The maximum atomic E-state index is 12.9. The van der Waals surface area contributed by atoms with Crippen molar-refractivity contribution in [2.24, 2.45) is 0 Å². The third-order valence-electron chi connectivity index (χ3n) is 3.93. The summed E-state index contributed by atoms with van der Waals surface area (Å²) < 4.78 is 33.1. The van der Waals surface area contributed by atoms with E-state index in [-0.39, 0.29) is 10.5 Å². The fraction of sp³-hybridized carbons (Fsp3) is 0.167. The topological polar surface area (TPSA) is 114 Å². The molecule has 0 saturated heterocycles. The Bertz CT molecular complexity index is 1000. The van der Waals surface area contributed by atoms with E-state index in [4.69, 9.17) is 0 Å². The zero-order chi connectivity index (χ0) is 19.3. The molecule has 8 nitrogen and oxygen atoms in total. The summed E-state index contributed by atoms with van der Waals surface area (Å²) in [6, 6.07) is 14.3. The van der Waals surface area contributed by atoms with E-state index in [1.807, 2.05) is 30.3 Å². The van der Waals surface area contributed by atoms with E-state index in [0.29, 0.717) is 12.2 Å². The largest absolute Gasteiger partial charge is 0.465 e. The van der Waals surface area contributed by atoms with Crippen LogP contribution < -0.4 is 4.72 Å². The van der Waals surface area contributed by atoms with Gasteiger partial charge in [0.15, 0.2) is 0 Å². The van der Waals surface area contributed by atoms with Gasteiger partial charge in [-0.05, 0) is 23.8 Å². The van der Waals surface area contributed by atoms with Crippen molar-refractivity contribution >= 4 is 16.0 Å². The van der Waals surface area contributed by atoms with Crippen LogP contribution in [0.3, 0.4) is 0 Å². The predicted octanol–water partition coefficient (Wildman–Crippen LogP) is 1.85. The van der Waals surface area contributed by atoms with E-state index >= 15 is 0 Å². The Morgan fingerprint density at radius 1 is 1.19 bits per heavy atom. The zero-order valence-electron chi connectivity index (χ0n) is 14.5. The molecule has 0 saturated carbocycles. The first kappa shape index (κ1) is 18.7. The van der Waals surface area contributed by atoms with Gasteiger partial charge >= 0.3 is 5.97 Å². The Morgan fingerprint density at radius 2 is 1.96 bits per heavy atom. The number of hydrogen-bond donors (Lipinski definition) is 2. The highest BCUT2D eigenvalue weighted by atomic mass is 32.2. The van der Waals surface area contributed by atoms with Crippen molar-refractivity contribution < 1.29 is 17.9 Å². The quantitative estimate of drug-likeness (QED) is 0.599. The Hall–Kier alpha value is -3.04. The molecule has 1 aromatic heterocycles. The summed E-state index contributed by atoms with van der Waals surface area (Å²) in [5, 5.41) is 6.54. The number of carbonyl (C=O) groups is 1. The second-order valence-corrected chi connectivity index (χ2v) is 7.45. The van der Waals surface area contributed by atoms with E-state index < -0.39 is 22.0 Å². The molecule has 0 radical (unpaired) electrons. The molecule has 0 unspecified atom stereocenters. The van der Waals surface area contributed by atoms with Crippen LogP contribution in [0.15, 0.2) is 65.8 Å². The highest BCUT2D eigenvalue weighted by molar-refractivity contribution is 7.89. The average Bonchev–Trinajstić information content (AvgIpc) is 3.20. The molecule has 1 heterocycles. The second-order valence-electron chi connectivity index (χ2n) is 5.74. The minimum absolute atomic E-state index is 0.0242. The van der Waals surface area contributed by atoms with Gasteiger partial charge in [-0.15, -0.1) is 0 Å². The zero-order valence-corrected chi connectivity index (χ0v) is 15.3. The number of nitrogens with one attached hydrogen (secondary N) is 2. The number of aromatic nitrogens is 3. The maximum Gasteiger partial charge on any atom is 0.337 e. The minimum atomic E-state index is -3.89. The first-order valence-corrected chi connectivity index (χ1v) is 9.58. The van der Waals surface area contributed by atoms with Gasteiger partial charge in [-0.2, -0.15) is 5.10 Å². The van der Waals surface area contributed by atoms with Crippen LogP contribution in [0.2, 0.25) is 0 Å². The summed E-state index contributed by atoms with van der Waals surface area (Å²) in [5.41, 5.74) is 0.938. The molecule has 3 rings (SSSR count). The Kier molecular flexibility index (Phi) is 5.63. The third kappa shape index (κ3) is 4.57. The third-order valence-corrected chi connectivity index (χ3v) is 5.40. The molecule has 0 aliphatic rings. The molecule has 0 amide bonds. The van der Waals surface area contributed by atoms with Gasteiger partial charge in [0.1, 0.15) is 12.2 Å². The molecule has 27 heavy (non-hydrogen) atoms. The smallest absolute Gasteiger partial charge is 0.337 e. The molecule has 0 aliphatic heterocycles. The summed E-state index contributed by atoms with van der Waals surface area (Å²) in [7, 11) is -2.65. The van der Waals surface area contributed by atoms with Crippen LogP contribution in [0.5, 0.6) is 0 Å². The Balaban J connectivity index is 1.91. The fourth-order valence-electron chi connectivity index (χ4n) is 2.60. The van der Waals surface area contributed by atoms with Crippen LogP contribution in [0.1, 0.15) is 27.8 Å². The molecular formula is C18H18N4O4S. The van der Waals surface area contributed by atoms with Gasteiger partial charge in [0.2, 0.25) is 10.0 Å². The van der Waals surface area contributed by atoms with Gasteiger partial charge in [-0.1, -0.05) is 36.4 Å². The van der Waals surface area contributed by atoms with Crippen molar-refractivity contribution in [3.05, 3.63) is 77.9 Å². The van der Waals surface area contributed by atoms with E-state index in [1.54, 1.807) is 0 Å². The molecule has 3 aromatic rings. The number of ether oxygens (including phenoxy) is 1. The van der Waals surface area contributed by atoms with Gasteiger partial charge in [0.25, 0.3) is 0 Å². The lowest BCUT2D eigenvalue weighted by molar-refractivity contribution is 0.0600. The average molecular weight is 386 g/mol. The number of benzene rings is 2. The lowest BCUT2D eigenvalue weighted by Gasteiger charge is -2.18. The number of hydrogen-bond acceptors (Lipinski definition) is 6. The molecule has 0 fully saturated rings. The summed E-state index contributed by atoms with van der Waals surface area (Å²) in [5.74, 6) is -0.0526. The standard InChI is InChI=1S/C18H18N4O4S/c1-26-18(23)14-8-5-9-15(10-14)27(24,25)22-16(11-17-19-12-20-21-17)13-6-3-2-4-7-13/h2-10,12,16,22H,11H2,1H3,(H,19,20,21)/t16-/m1/s1. The Labute approximate surface area is 156 Å². The second kappa shape index (κ2) is 8.11. The Morgan fingerprint density at radius 3 is 2.63 bits per heavy atom. The summed E-state index contributed by atoms with van der Waals surface area (Å²) in [4.78, 5) is 15.7. The van der Waals surface area contributed by atoms with E-state index in [1.165, 1.54) is 37.7 Å². The summed E-state index contributed by atoms with van der Waals surface area (Å²) in [6.07, 6.45) is 1.66. The number of carbonyl (C=O) groups excluding carboxylic acids is 1. The highest BCUT2D eigenvalue weighted by Gasteiger charge is 2.23. The van der Waals surface area contributed by atoms with Crippen molar-refractivity contribution in [2.45, 2.75) is 17.4 Å². The van der Waals surface area contributed by atoms with E-state index in [2.05, 4.69) is 24.6 Å². The lowest BCUT2D eigenvalue weighted by Crippen LogP contribution is -2.30. The van der Waals surface area contributed by atoms with Crippen molar-refractivity contribution in [1.29, 1.82) is 0 Å². The van der Waals surface area contributed by atoms with Crippen molar-refractivity contribution in [3.8, 4) is 0 Å². The highest BCUT2D eigenvalue weighted by Crippen LogP contribution is 2.21. The van der Waals surface area contributed by atoms with Crippen LogP contribution in [0, 0.1) is 0 Å². The van der Waals surface area contributed by atoms with Gasteiger partial charge < -0.3 is 4.74 Å². The summed E-state index contributed by atoms with van der Waals surface area (Å²) >= 11 is 0. The first-order valence-electron chi connectivity index (χ1n) is 8.09. The molecule has 1 atom stereocenters. The van der Waals surface area contributed by atoms with Crippen LogP contribution in [0.4, 0.5) is 0 Å². The molecule has 0 spiro atoms. The lowest BCUT2D eigenvalue weighted by atomic mass is 10.0. The number of rotatable bonds is 7. The maximum absolute atomic E-state index is 12.9. The molecule has 9 heteroatoms. The van der Waals surface area contributed by atoms with E-state index in [0.717, 1.165) is 5.56 Å². The molecule has 0 aliphatic carbocycles. The molecule has 0 bridgehead atoms. The van der Waals surface area contributed by atoms with Gasteiger partial charge in [0, 0.05) is 6.42 Å². The van der Waals surface area contributed by atoms with Gasteiger partial charge in [-0.25, -0.2) is 22.9 Å². The van der Waals surface area contributed by atoms with Crippen LogP contribution in [0.25, 0.3) is 0 Å². The normalized spacial score (nSPS) is 12.5. The SMILES string of the molecule is COC(=O)c1cccc(S(=O)(=O)N[C@H](Cc2ncn[nH]2)c2ccccc2)c1. The molecule has 2 aromatic carbocycles.